The van der Waals surface area contributed by atoms with Gasteiger partial charge in [-0.15, -0.1) is 0 Å². The van der Waals surface area contributed by atoms with Crippen LogP contribution in [-0.4, -0.2) is 61.4 Å². The predicted molar refractivity (Wildman–Crippen MR) is 134 cm³/mol. The number of para-hydroxylation sites is 1. The van der Waals surface area contributed by atoms with E-state index in [1.165, 1.54) is 18.2 Å². The molecule has 2 N–H and O–H groups in total. The molecule has 1 aromatic rings. The number of benzene rings is 1. The van der Waals surface area contributed by atoms with Crippen LogP contribution in [0.4, 0.5) is 18.9 Å². The number of hydrogen-bond acceptors (Lipinski definition) is 6. The summed E-state index contributed by atoms with van der Waals surface area (Å²) in [6.07, 6.45) is -2.99. The highest BCUT2D eigenvalue weighted by Crippen LogP contribution is 2.39. The first-order valence-corrected chi connectivity index (χ1v) is 12.9. The van der Waals surface area contributed by atoms with Crippen molar-refractivity contribution in [3.63, 3.8) is 0 Å². The number of anilines is 1. The van der Waals surface area contributed by atoms with E-state index >= 15 is 0 Å². The van der Waals surface area contributed by atoms with Crippen LogP contribution >= 0.6 is 12.2 Å². The summed E-state index contributed by atoms with van der Waals surface area (Å²) in [5, 5.41) is 5.83. The normalized spacial score (nSPS) is 26.0. The summed E-state index contributed by atoms with van der Waals surface area (Å²) >= 11 is 5.43. The lowest BCUT2D eigenvalue weighted by Crippen LogP contribution is -2.54. The fraction of sp³-hybridized carbons (Fsp3) is 0.720. The first-order valence-electron chi connectivity index (χ1n) is 12.5. The van der Waals surface area contributed by atoms with Crippen LogP contribution in [0.25, 0.3) is 0 Å². The van der Waals surface area contributed by atoms with Crippen molar-refractivity contribution in [3.8, 4) is 0 Å². The number of fused-ring (bicyclic) bond motifs is 1. The lowest BCUT2D eigenvalue weighted by atomic mass is 10.0. The van der Waals surface area contributed by atoms with E-state index in [0.29, 0.717) is 19.8 Å². The summed E-state index contributed by atoms with van der Waals surface area (Å²) in [7, 11) is 0. The highest BCUT2D eigenvalue weighted by Gasteiger charge is 2.57. The summed E-state index contributed by atoms with van der Waals surface area (Å²) in [5.74, 6) is -0.881. The highest BCUT2D eigenvalue weighted by molar-refractivity contribution is 7.80. The zero-order valence-electron chi connectivity index (χ0n) is 21.2. The van der Waals surface area contributed by atoms with Gasteiger partial charge in [-0.05, 0) is 51.0 Å². The number of nitrogens with one attached hydrogen (secondary N) is 2. The summed E-state index contributed by atoms with van der Waals surface area (Å²) in [5.41, 5.74) is -0.949. The van der Waals surface area contributed by atoms with E-state index in [0.717, 1.165) is 31.7 Å². The fourth-order valence-electron chi connectivity index (χ4n) is 4.23. The largest absolute Gasteiger partial charge is 0.418 e. The number of rotatable bonds is 12. The maximum atomic E-state index is 13.5. The van der Waals surface area contributed by atoms with Crippen LogP contribution in [0.3, 0.4) is 0 Å². The minimum Gasteiger partial charge on any atom is -0.379 e. The summed E-state index contributed by atoms with van der Waals surface area (Å²) in [4.78, 5) is 0. The van der Waals surface area contributed by atoms with Gasteiger partial charge in [0.25, 0.3) is 0 Å². The number of ether oxygens (including phenoxy) is 5. The van der Waals surface area contributed by atoms with E-state index in [1.807, 2.05) is 0 Å². The smallest absolute Gasteiger partial charge is 0.379 e. The van der Waals surface area contributed by atoms with Gasteiger partial charge in [-0.1, -0.05) is 38.8 Å². The minimum absolute atomic E-state index is 0.0125. The molecule has 7 nitrogen and oxygen atoms in total. The Hall–Kier alpha value is -1.50. The molecular formula is C25H37F3N2O5S. The quantitative estimate of drug-likeness (QED) is 0.279. The van der Waals surface area contributed by atoms with Crippen LogP contribution in [0.2, 0.25) is 0 Å². The molecule has 204 valence electrons. The summed E-state index contributed by atoms with van der Waals surface area (Å²) < 4.78 is 70.6. The predicted octanol–water partition coefficient (Wildman–Crippen LogP) is 5.24. The third-order valence-electron chi connectivity index (χ3n) is 5.99. The van der Waals surface area contributed by atoms with Crippen molar-refractivity contribution in [3.05, 3.63) is 29.8 Å². The molecule has 2 heterocycles. The van der Waals surface area contributed by atoms with Crippen molar-refractivity contribution in [2.75, 3.05) is 25.1 Å². The Labute approximate surface area is 216 Å². The highest BCUT2D eigenvalue weighted by atomic mass is 32.1. The van der Waals surface area contributed by atoms with Crippen LogP contribution < -0.4 is 10.6 Å². The first kappa shape index (κ1) is 29.1. The molecule has 0 aromatic heterocycles. The molecule has 2 aliphatic heterocycles. The molecule has 0 bridgehead atoms. The molecule has 1 aromatic carbocycles. The first-order chi connectivity index (χ1) is 17.1. The Kier molecular flexibility index (Phi) is 10.4. The molecule has 0 aliphatic carbocycles. The molecule has 2 saturated heterocycles. The third-order valence-corrected chi connectivity index (χ3v) is 6.21. The molecule has 0 unspecified atom stereocenters. The lowest BCUT2D eigenvalue weighted by Gasteiger charge is -2.32. The average Bonchev–Trinajstić information content (AvgIpc) is 3.27. The van der Waals surface area contributed by atoms with Gasteiger partial charge in [0.05, 0.1) is 23.9 Å². The summed E-state index contributed by atoms with van der Waals surface area (Å²) in [6, 6.07) is 4.64. The second-order valence-corrected chi connectivity index (χ2v) is 9.84. The molecule has 0 radical (unpaired) electrons. The molecule has 2 aliphatic rings. The van der Waals surface area contributed by atoms with Crippen LogP contribution in [0, 0.1) is 0 Å². The SMILES string of the molecule is CCCCOC[C@@H](OCCCC)[C@H]1O[C@@H]2OC(C)(C)O[C@@H]2[C@H]1NC(=S)Nc1ccccc1C(F)(F)F. The third kappa shape index (κ3) is 7.75. The maximum absolute atomic E-state index is 13.5. The molecule has 2 fully saturated rings. The Morgan fingerprint density at radius 1 is 1.11 bits per heavy atom. The van der Waals surface area contributed by atoms with Gasteiger partial charge in [-0.25, -0.2) is 0 Å². The molecule has 0 amide bonds. The van der Waals surface area contributed by atoms with E-state index in [-0.39, 0.29) is 10.8 Å². The maximum Gasteiger partial charge on any atom is 0.418 e. The van der Waals surface area contributed by atoms with Crippen LogP contribution in [0.5, 0.6) is 0 Å². The monoisotopic (exact) mass is 534 g/mol. The Morgan fingerprint density at radius 2 is 1.81 bits per heavy atom. The van der Waals surface area contributed by atoms with E-state index in [4.69, 9.17) is 35.9 Å². The van der Waals surface area contributed by atoms with Crippen molar-refractivity contribution in [1.82, 2.24) is 5.32 Å². The molecule has 0 saturated carbocycles. The molecule has 3 rings (SSSR count). The molecule has 0 spiro atoms. The van der Waals surface area contributed by atoms with Crippen molar-refractivity contribution < 1.29 is 36.9 Å². The van der Waals surface area contributed by atoms with Gasteiger partial charge in [0.15, 0.2) is 17.2 Å². The minimum atomic E-state index is -4.52. The second kappa shape index (κ2) is 12.8. The van der Waals surface area contributed by atoms with Crippen molar-refractivity contribution in [1.29, 1.82) is 0 Å². The van der Waals surface area contributed by atoms with Gasteiger partial charge in [-0.3, -0.25) is 0 Å². The van der Waals surface area contributed by atoms with E-state index in [1.54, 1.807) is 13.8 Å². The number of thiocarbonyl (C=S) groups is 1. The van der Waals surface area contributed by atoms with E-state index in [2.05, 4.69) is 24.5 Å². The molecule has 36 heavy (non-hydrogen) atoms. The van der Waals surface area contributed by atoms with Crippen molar-refractivity contribution >= 4 is 23.0 Å². The van der Waals surface area contributed by atoms with Crippen LogP contribution in [-0.2, 0) is 29.9 Å². The van der Waals surface area contributed by atoms with Crippen LogP contribution in [0.15, 0.2) is 24.3 Å². The molecule has 5 atom stereocenters. The van der Waals surface area contributed by atoms with E-state index in [9.17, 15) is 13.2 Å². The number of hydrogen-bond donors (Lipinski definition) is 2. The number of alkyl halides is 3. The van der Waals surface area contributed by atoms with Gasteiger partial charge in [0, 0.05) is 13.2 Å². The second-order valence-electron chi connectivity index (χ2n) is 9.43. The van der Waals surface area contributed by atoms with Gasteiger partial charge >= 0.3 is 6.18 Å². The van der Waals surface area contributed by atoms with Crippen molar-refractivity contribution in [2.45, 2.75) is 96.0 Å². The zero-order valence-corrected chi connectivity index (χ0v) is 22.0. The van der Waals surface area contributed by atoms with Crippen LogP contribution in [0.1, 0.15) is 58.9 Å². The number of unbranched alkanes of at least 4 members (excludes halogenated alkanes) is 2. The average molecular weight is 535 g/mol. The van der Waals surface area contributed by atoms with Crippen molar-refractivity contribution in [2.24, 2.45) is 0 Å². The Balaban J connectivity index is 1.77. The fourth-order valence-corrected chi connectivity index (χ4v) is 4.47. The summed E-state index contributed by atoms with van der Waals surface area (Å²) in [6.45, 7) is 9.13. The standard InChI is InChI=1S/C25H37F3N2O5S/c1-5-7-13-31-15-18(32-14-8-6-2)20-19(21-22(33-20)35-24(3,4)34-21)30-23(36)29-17-12-10-9-11-16(17)25(26,27)28/h9-12,18-22H,5-8,13-15H2,1-4H3,(H2,29,30,36)/t18-,19+,20-,21-,22-/m1/s1. The van der Waals surface area contributed by atoms with Gasteiger partial charge in [0.1, 0.15) is 18.3 Å². The van der Waals surface area contributed by atoms with Gasteiger partial charge < -0.3 is 34.3 Å². The van der Waals surface area contributed by atoms with Gasteiger partial charge in [-0.2, -0.15) is 13.2 Å². The number of halogens is 3. The zero-order chi connectivity index (χ0) is 26.3. The Bertz CT molecular complexity index is 857. The topological polar surface area (TPSA) is 70.2 Å². The molecule has 11 heteroatoms. The molecular weight excluding hydrogens is 497 g/mol. The lowest BCUT2D eigenvalue weighted by molar-refractivity contribution is -0.222. The Morgan fingerprint density at radius 3 is 2.50 bits per heavy atom. The van der Waals surface area contributed by atoms with Gasteiger partial charge in [0.2, 0.25) is 0 Å². The van der Waals surface area contributed by atoms with E-state index < -0.39 is 48.2 Å².